The standard InChI is InChI=1S/C13H21NO3/c1-10(8-14-2)17-9-13(15)11-5-4-6-12(7-11)16-3/h4-7,10,13-15H,8-9H2,1-3H3. The van der Waals surface area contributed by atoms with E-state index in [-0.39, 0.29) is 12.7 Å². The van der Waals surface area contributed by atoms with Crippen LogP contribution in [0.15, 0.2) is 24.3 Å². The van der Waals surface area contributed by atoms with Crippen LogP contribution in [-0.4, -0.2) is 38.5 Å². The molecule has 96 valence electrons. The molecule has 0 saturated carbocycles. The maximum absolute atomic E-state index is 9.96. The van der Waals surface area contributed by atoms with Crippen LogP contribution in [-0.2, 0) is 4.74 Å². The van der Waals surface area contributed by atoms with E-state index in [0.717, 1.165) is 17.9 Å². The Kier molecular flexibility index (Phi) is 5.97. The lowest BCUT2D eigenvalue weighted by molar-refractivity contribution is -0.00133. The second kappa shape index (κ2) is 7.27. The number of likely N-dealkylation sites (N-methyl/N-ethyl adjacent to an activating group) is 1. The first kappa shape index (κ1) is 14.0. The molecule has 1 aromatic rings. The Morgan fingerprint density at radius 3 is 2.82 bits per heavy atom. The predicted octanol–water partition coefficient (Wildman–Crippen LogP) is 1.35. The Morgan fingerprint density at radius 2 is 2.18 bits per heavy atom. The van der Waals surface area contributed by atoms with Gasteiger partial charge < -0.3 is 19.9 Å². The number of methoxy groups -OCH3 is 1. The number of aliphatic hydroxyl groups is 1. The van der Waals surface area contributed by atoms with E-state index in [2.05, 4.69) is 5.32 Å². The molecule has 0 aliphatic carbocycles. The molecule has 2 N–H and O–H groups in total. The van der Waals surface area contributed by atoms with E-state index in [4.69, 9.17) is 9.47 Å². The first-order valence-corrected chi connectivity index (χ1v) is 5.75. The van der Waals surface area contributed by atoms with E-state index in [1.165, 1.54) is 0 Å². The summed E-state index contributed by atoms with van der Waals surface area (Å²) in [6.45, 7) is 3.02. The molecule has 0 radical (unpaired) electrons. The highest BCUT2D eigenvalue weighted by molar-refractivity contribution is 5.29. The highest BCUT2D eigenvalue weighted by atomic mass is 16.5. The number of ether oxygens (including phenoxy) is 2. The van der Waals surface area contributed by atoms with Crippen LogP contribution in [0.2, 0.25) is 0 Å². The monoisotopic (exact) mass is 239 g/mol. The van der Waals surface area contributed by atoms with Crippen LogP contribution in [0.25, 0.3) is 0 Å². The Bertz CT molecular complexity index is 330. The molecule has 4 nitrogen and oxygen atoms in total. The summed E-state index contributed by atoms with van der Waals surface area (Å²) in [4.78, 5) is 0. The molecule has 0 fully saturated rings. The van der Waals surface area contributed by atoms with Crippen molar-refractivity contribution in [2.45, 2.75) is 19.1 Å². The predicted molar refractivity (Wildman–Crippen MR) is 67.3 cm³/mol. The topological polar surface area (TPSA) is 50.7 Å². The van der Waals surface area contributed by atoms with Crippen molar-refractivity contribution >= 4 is 0 Å². The van der Waals surface area contributed by atoms with Gasteiger partial charge in [0, 0.05) is 6.54 Å². The number of hydrogen-bond acceptors (Lipinski definition) is 4. The van der Waals surface area contributed by atoms with E-state index in [1.54, 1.807) is 7.11 Å². The van der Waals surface area contributed by atoms with Gasteiger partial charge >= 0.3 is 0 Å². The average Bonchev–Trinajstić information content (AvgIpc) is 2.36. The fourth-order valence-electron chi connectivity index (χ4n) is 1.55. The summed E-state index contributed by atoms with van der Waals surface area (Å²) in [6.07, 6.45) is -0.537. The second-order valence-electron chi connectivity index (χ2n) is 3.99. The van der Waals surface area contributed by atoms with E-state index >= 15 is 0 Å². The molecule has 4 heteroatoms. The van der Waals surface area contributed by atoms with Crippen molar-refractivity contribution in [3.05, 3.63) is 29.8 Å². The first-order valence-electron chi connectivity index (χ1n) is 5.75. The molecule has 0 bridgehead atoms. The van der Waals surface area contributed by atoms with Gasteiger partial charge in [0.15, 0.2) is 0 Å². The zero-order chi connectivity index (χ0) is 12.7. The van der Waals surface area contributed by atoms with E-state index in [9.17, 15) is 5.11 Å². The molecule has 1 aromatic carbocycles. The normalized spacial score (nSPS) is 14.4. The smallest absolute Gasteiger partial charge is 0.119 e. The minimum Gasteiger partial charge on any atom is -0.497 e. The van der Waals surface area contributed by atoms with Crippen molar-refractivity contribution in [2.24, 2.45) is 0 Å². The van der Waals surface area contributed by atoms with Crippen LogP contribution in [0.1, 0.15) is 18.6 Å². The van der Waals surface area contributed by atoms with Gasteiger partial charge in [-0.1, -0.05) is 12.1 Å². The largest absolute Gasteiger partial charge is 0.497 e. The second-order valence-corrected chi connectivity index (χ2v) is 3.99. The lowest BCUT2D eigenvalue weighted by Gasteiger charge is -2.16. The lowest BCUT2D eigenvalue weighted by atomic mass is 10.1. The third-order valence-electron chi connectivity index (χ3n) is 2.51. The van der Waals surface area contributed by atoms with Crippen molar-refractivity contribution in [3.63, 3.8) is 0 Å². The molecule has 0 saturated heterocycles. The van der Waals surface area contributed by atoms with Crippen molar-refractivity contribution < 1.29 is 14.6 Å². The van der Waals surface area contributed by atoms with Gasteiger partial charge in [-0.2, -0.15) is 0 Å². The van der Waals surface area contributed by atoms with E-state index in [0.29, 0.717) is 0 Å². The third-order valence-corrected chi connectivity index (χ3v) is 2.51. The molecule has 0 amide bonds. The van der Waals surface area contributed by atoms with Gasteiger partial charge in [0.05, 0.1) is 19.8 Å². The maximum Gasteiger partial charge on any atom is 0.119 e. The van der Waals surface area contributed by atoms with Crippen LogP contribution in [0.3, 0.4) is 0 Å². The Hall–Kier alpha value is -1.10. The number of aliphatic hydroxyl groups excluding tert-OH is 1. The molecule has 0 aliphatic heterocycles. The van der Waals surface area contributed by atoms with Gasteiger partial charge in [-0.05, 0) is 31.7 Å². The molecule has 0 spiro atoms. The van der Waals surface area contributed by atoms with Crippen molar-refractivity contribution in [2.75, 3.05) is 27.3 Å². The molecular weight excluding hydrogens is 218 g/mol. The summed E-state index contributed by atoms with van der Waals surface area (Å²) < 4.78 is 10.6. The zero-order valence-corrected chi connectivity index (χ0v) is 10.6. The molecule has 0 aromatic heterocycles. The first-order chi connectivity index (χ1) is 8.17. The molecular formula is C13H21NO3. The Morgan fingerprint density at radius 1 is 1.41 bits per heavy atom. The quantitative estimate of drug-likeness (QED) is 0.754. The molecule has 2 unspecified atom stereocenters. The number of rotatable bonds is 7. The van der Waals surface area contributed by atoms with E-state index < -0.39 is 6.10 Å². The lowest BCUT2D eigenvalue weighted by Crippen LogP contribution is -2.25. The van der Waals surface area contributed by atoms with E-state index in [1.807, 2.05) is 38.2 Å². The Balaban J connectivity index is 2.48. The van der Waals surface area contributed by atoms with Gasteiger partial charge in [-0.3, -0.25) is 0 Å². The highest BCUT2D eigenvalue weighted by Gasteiger charge is 2.10. The SMILES string of the molecule is CNCC(C)OCC(O)c1cccc(OC)c1. The minimum atomic E-state index is -0.621. The Labute approximate surface area is 103 Å². The third kappa shape index (κ3) is 4.73. The fourth-order valence-corrected chi connectivity index (χ4v) is 1.55. The number of benzene rings is 1. The van der Waals surface area contributed by atoms with Crippen LogP contribution in [0.5, 0.6) is 5.75 Å². The molecule has 17 heavy (non-hydrogen) atoms. The maximum atomic E-state index is 9.96. The van der Waals surface area contributed by atoms with Gasteiger partial charge in [0.1, 0.15) is 11.9 Å². The summed E-state index contributed by atoms with van der Waals surface area (Å²) in [5.41, 5.74) is 0.806. The van der Waals surface area contributed by atoms with Crippen LogP contribution >= 0.6 is 0 Å². The average molecular weight is 239 g/mol. The summed E-state index contributed by atoms with van der Waals surface area (Å²) in [5.74, 6) is 0.741. The van der Waals surface area contributed by atoms with Gasteiger partial charge in [0.25, 0.3) is 0 Å². The number of hydrogen-bond donors (Lipinski definition) is 2. The summed E-state index contributed by atoms with van der Waals surface area (Å²) in [5, 5.41) is 13.0. The summed E-state index contributed by atoms with van der Waals surface area (Å²) in [6, 6.07) is 7.38. The molecule has 1 rings (SSSR count). The summed E-state index contributed by atoms with van der Waals surface area (Å²) in [7, 11) is 3.48. The summed E-state index contributed by atoms with van der Waals surface area (Å²) >= 11 is 0. The van der Waals surface area contributed by atoms with Gasteiger partial charge in [-0.15, -0.1) is 0 Å². The van der Waals surface area contributed by atoms with Crippen molar-refractivity contribution in [1.82, 2.24) is 5.32 Å². The molecule has 2 atom stereocenters. The minimum absolute atomic E-state index is 0.0836. The van der Waals surface area contributed by atoms with Crippen LogP contribution in [0, 0.1) is 0 Å². The van der Waals surface area contributed by atoms with Gasteiger partial charge in [0.2, 0.25) is 0 Å². The van der Waals surface area contributed by atoms with Crippen LogP contribution in [0.4, 0.5) is 0 Å². The highest BCUT2D eigenvalue weighted by Crippen LogP contribution is 2.19. The fraction of sp³-hybridized carbons (Fsp3) is 0.538. The zero-order valence-electron chi connectivity index (χ0n) is 10.6. The van der Waals surface area contributed by atoms with Crippen molar-refractivity contribution in [3.8, 4) is 5.75 Å². The van der Waals surface area contributed by atoms with Crippen molar-refractivity contribution in [1.29, 1.82) is 0 Å². The van der Waals surface area contributed by atoms with Crippen LogP contribution < -0.4 is 10.1 Å². The number of nitrogens with one attached hydrogen (secondary N) is 1. The van der Waals surface area contributed by atoms with Gasteiger partial charge in [-0.25, -0.2) is 0 Å². The molecule has 0 heterocycles. The molecule has 0 aliphatic rings.